The van der Waals surface area contributed by atoms with Gasteiger partial charge < -0.3 is 4.98 Å². The number of nitrogens with zero attached hydrogens (tertiary/aromatic N) is 1. The van der Waals surface area contributed by atoms with E-state index < -0.39 is 0 Å². The molecule has 1 aromatic carbocycles. The zero-order chi connectivity index (χ0) is 12.4. The Labute approximate surface area is 113 Å². The van der Waals surface area contributed by atoms with Crippen molar-refractivity contribution in [3.63, 3.8) is 0 Å². The van der Waals surface area contributed by atoms with Crippen LogP contribution in [0, 0.1) is 3.70 Å². The molecule has 0 fully saturated rings. The number of fused-ring (bicyclic) bond motifs is 1. The molecule has 0 aliphatic carbocycles. The topological polar surface area (TPSA) is 45.3 Å². The molecule has 0 radical (unpaired) electrons. The van der Waals surface area contributed by atoms with Crippen molar-refractivity contribution < 1.29 is 9.63 Å². The van der Waals surface area contributed by atoms with Gasteiger partial charge in [0.15, 0.2) is 0 Å². The van der Waals surface area contributed by atoms with Gasteiger partial charge in [-0.2, -0.15) is 0 Å². The summed E-state index contributed by atoms with van der Waals surface area (Å²) in [5.74, 6) is -0.0600. The normalized spacial score (nSPS) is 10.8. The highest BCUT2D eigenvalue weighted by Gasteiger charge is 2.15. The van der Waals surface area contributed by atoms with E-state index in [0.717, 1.165) is 20.2 Å². The van der Waals surface area contributed by atoms with Gasteiger partial charge in [0.25, 0.3) is 0 Å². The lowest BCUT2D eigenvalue weighted by Crippen LogP contribution is -2.27. The first-order valence-electron chi connectivity index (χ1n) is 5.19. The lowest BCUT2D eigenvalue weighted by molar-refractivity contribution is -0.167. The molecular weight excluding hydrogens is 331 g/mol. The van der Waals surface area contributed by atoms with Crippen molar-refractivity contribution in [2.75, 3.05) is 14.2 Å². The Morgan fingerprint density at radius 3 is 2.88 bits per heavy atom. The van der Waals surface area contributed by atoms with Crippen LogP contribution in [0.25, 0.3) is 10.9 Å². The lowest BCUT2D eigenvalue weighted by atomic mass is 10.1. The summed E-state index contributed by atoms with van der Waals surface area (Å²) in [7, 11) is 3.10. The Bertz CT molecular complexity index is 550. The van der Waals surface area contributed by atoms with Gasteiger partial charge in [0.05, 0.1) is 17.2 Å². The van der Waals surface area contributed by atoms with E-state index in [1.165, 1.54) is 12.2 Å². The molecule has 17 heavy (non-hydrogen) atoms. The highest BCUT2D eigenvalue weighted by Crippen LogP contribution is 2.24. The molecule has 0 aliphatic heterocycles. The van der Waals surface area contributed by atoms with E-state index in [-0.39, 0.29) is 5.91 Å². The summed E-state index contributed by atoms with van der Waals surface area (Å²) in [6.07, 6.45) is 0.340. The number of likely N-dealkylation sites (N-methyl/N-ethyl adjacent to an activating group) is 1. The molecule has 0 aliphatic rings. The third-order valence-electron chi connectivity index (χ3n) is 2.71. The molecule has 0 atom stereocenters. The first kappa shape index (κ1) is 12.4. The maximum absolute atomic E-state index is 11.8. The minimum absolute atomic E-state index is 0.0600. The number of H-pyrrole nitrogens is 1. The number of halogens is 1. The summed E-state index contributed by atoms with van der Waals surface area (Å²) in [5.41, 5.74) is 2.08. The van der Waals surface area contributed by atoms with Gasteiger partial charge in [0, 0.05) is 23.5 Å². The molecule has 1 aromatic heterocycles. The van der Waals surface area contributed by atoms with Gasteiger partial charge in [0.1, 0.15) is 0 Å². The standard InChI is InChI=1S/C12H13IN2O2/c1-15(17-2)11(16)7-9-8-5-3-4-6-10(8)14-12(9)13/h3-6,14H,7H2,1-2H3. The number of amides is 1. The van der Waals surface area contributed by atoms with Crippen LogP contribution in [0.1, 0.15) is 5.56 Å². The maximum atomic E-state index is 11.8. The fourth-order valence-corrected chi connectivity index (χ4v) is 2.48. The summed E-state index contributed by atoms with van der Waals surface area (Å²) < 4.78 is 1.00. The lowest BCUT2D eigenvalue weighted by Gasteiger charge is -2.13. The van der Waals surface area contributed by atoms with E-state index in [1.807, 2.05) is 24.3 Å². The Morgan fingerprint density at radius 1 is 1.47 bits per heavy atom. The monoisotopic (exact) mass is 344 g/mol. The zero-order valence-corrected chi connectivity index (χ0v) is 11.8. The van der Waals surface area contributed by atoms with Crippen molar-refractivity contribution in [1.82, 2.24) is 10.0 Å². The average molecular weight is 344 g/mol. The van der Waals surface area contributed by atoms with Crippen molar-refractivity contribution in [2.24, 2.45) is 0 Å². The first-order chi connectivity index (χ1) is 8.13. The molecule has 0 spiro atoms. The smallest absolute Gasteiger partial charge is 0.250 e. The number of hydroxylamine groups is 2. The van der Waals surface area contributed by atoms with Gasteiger partial charge in [-0.3, -0.25) is 9.63 Å². The number of benzene rings is 1. The fourth-order valence-electron chi connectivity index (χ4n) is 1.70. The Hall–Kier alpha value is -1.08. The van der Waals surface area contributed by atoms with Crippen molar-refractivity contribution in [3.05, 3.63) is 33.5 Å². The number of carbonyl (C=O) groups excluding carboxylic acids is 1. The molecular formula is C12H13IN2O2. The summed E-state index contributed by atoms with van der Waals surface area (Å²) in [6.45, 7) is 0. The number of aromatic nitrogens is 1. The molecule has 1 N–H and O–H groups in total. The van der Waals surface area contributed by atoms with E-state index in [0.29, 0.717) is 6.42 Å². The van der Waals surface area contributed by atoms with Gasteiger partial charge in [-0.05, 0) is 28.7 Å². The minimum Gasteiger partial charge on any atom is -0.350 e. The van der Waals surface area contributed by atoms with Crippen LogP contribution >= 0.6 is 22.6 Å². The molecule has 0 saturated heterocycles. The molecule has 1 amide bonds. The molecule has 5 heteroatoms. The van der Waals surface area contributed by atoms with E-state index in [2.05, 4.69) is 27.6 Å². The molecule has 90 valence electrons. The van der Waals surface area contributed by atoms with Crippen LogP contribution in [0.3, 0.4) is 0 Å². The molecule has 1 heterocycles. The quantitative estimate of drug-likeness (QED) is 0.686. The largest absolute Gasteiger partial charge is 0.350 e. The van der Waals surface area contributed by atoms with Crippen LogP contribution in [0.2, 0.25) is 0 Å². The van der Waals surface area contributed by atoms with Gasteiger partial charge in [-0.25, -0.2) is 5.06 Å². The summed E-state index contributed by atoms with van der Waals surface area (Å²) in [5, 5.41) is 2.34. The predicted octanol–water partition coefficient (Wildman–Crippen LogP) is 2.33. The SMILES string of the molecule is CON(C)C(=O)Cc1c(I)[nH]c2ccccc12. The third-order valence-corrected chi connectivity index (χ3v) is 3.64. The van der Waals surface area contributed by atoms with Crippen molar-refractivity contribution in [3.8, 4) is 0 Å². The van der Waals surface area contributed by atoms with Gasteiger partial charge in [-0.15, -0.1) is 0 Å². The molecule has 4 nitrogen and oxygen atoms in total. The number of hydrogen-bond donors (Lipinski definition) is 1. The van der Waals surface area contributed by atoms with E-state index >= 15 is 0 Å². The van der Waals surface area contributed by atoms with Crippen LogP contribution in [0.15, 0.2) is 24.3 Å². The van der Waals surface area contributed by atoms with E-state index in [9.17, 15) is 4.79 Å². The highest BCUT2D eigenvalue weighted by atomic mass is 127. The zero-order valence-electron chi connectivity index (χ0n) is 9.66. The first-order valence-corrected chi connectivity index (χ1v) is 6.27. The number of rotatable bonds is 3. The van der Waals surface area contributed by atoms with Gasteiger partial charge in [0.2, 0.25) is 5.91 Å². The van der Waals surface area contributed by atoms with Crippen LogP contribution in [-0.4, -0.2) is 30.1 Å². The second kappa shape index (κ2) is 5.05. The number of hydrogen-bond acceptors (Lipinski definition) is 2. The van der Waals surface area contributed by atoms with Gasteiger partial charge in [-0.1, -0.05) is 18.2 Å². The second-order valence-electron chi connectivity index (χ2n) is 3.71. The Balaban J connectivity index is 2.35. The van der Waals surface area contributed by atoms with Crippen molar-refractivity contribution >= 4 is 39.4 Å². The van der Waals surface area contributed by atoms with E-state index in [4.69, 9.17) is 4.84 Å². The number of nitrogens with one attached hydrogen (secondary N) is 1. The Morgan fingerprint density at radius 2 is 2.18 bits per heavy atom. The van der Waals surface area contributed by atoms with Crippen LogP contribution in [0.4, 0.5) is 0 Å². The molecule has 2 aromatic rings. The van der Waals surface area contributed by atoms with E-state index in [1.54, 1.807) is 7.05 Å². The van der Waals surface area contributed by atoms with Crippen molar-refractivity contribution in [2.45, 2.75) is 6.42 Å². The average Bonchev–Trinajstić information content (AvgIpc) is 2.65. The predicted molar refractivity (Wildman–Crippen MR) is 74.5 cm³/mol. The number of carbonyl (C=O) groups is 1. The summed E-state index contributed by atoms with van der Waals surface area (Å²) >= 11 is 2.22. The van der Waals surface area contributed by atoms with Crippen LogP contribution < -0.4 is 0 Å². The molecule has 0 saturated carbocycles. The molecule has 2 rings (SSSR count). The van der Waals surface area contributed by atoms with Gasteiger partial charge >= 0.3 is 0 Å². The number of para-hydroxylation sites is 1. The molecule has 0 unspecified atom stereocenters. The number of aromatic amines is 1. The second-order valence-corrected chi connectivity index (χ2v) is 4.79. The Kier molecular flexibility index (Phi) is 3.68. The van der Waals surface area contributed by atoms with Crippen LogP contribution in [-0.2, 0) is 16.1 Å². The summed E-state index contributed by atoms with van der Waals surface area (Å²) in [6, 6.07) is 7.97. The fraction of sp³-hybridized carbons (Fsp3) is 0.250. The summed E-state index contributed by atoms with van der Waals surface area (Å²) in [4.78, 5) is 20.0. The minimum atomic E-state index is -0.0600. The third kappa shape index (κ3) is 2.44. The highest BCUT2D eigenvalue weighted by molar-refractivity contribution is 14.1. The molecule has 0 bridgehead atoms. The maximum Gasteiger partial charge on any atom is 0.250 e. The van der Waals surface area contributed by atoms with Crippen molar-refractivity contribution in [1.29, 1.82) is 0 Å². The van der Waals surface area contributed by atoms with Crippen LogP contribution in [0.5, 0.6) is 0 Å².